The van der Waals surface area contributed by atoms with Crippen LogP contribution < -0.4 is 5.73 Å². The highest BCUT2D eigenvalue weighted by Crippen LogP contribution is 2.39. The van der Waals surface area contributed by atoms with E-state index in [1.807, 2.05) is 13.8 Å². The minimum atomic E-state index is -0.444. The van der Waals surface area contributed by atoms with Crippen LogP contribution in [0.5, 0.6) is 0 Å². The number of thiocarbonyl (C=S) groups is 1. The Hall–Kier alpha value is -0.970. The van der Waals surface area contributed by atoms with Crippen LogP contribution in [0.2, 0.25) is 0 Å². The summed E-state index contributed by atoms with van der Waals surface area (Å²) in [5.74, 6) is -0.0214. The highest BCUT2D eigenvalue weighted by molar-refractivity contribution is 7.80. The molecule has 4 nitrogen and oxygen atoms in total. The molecule has 5 heteroatoms. The van der Waals surface area contributed by atoms with E-state index in [0.29, 0.717) is 24.4 Å². The predicted molar refractivity (Wildman–Crippen MR) is 75.0 cm³/mol. The van der Waals surface area contributed by atoms with Gasteiger partial charge < -0.3 is 5.73 Å². The first-order valence-corrected chi connectivity index (χ1v) is 7.00. The van der Waals surface area contributed by atoms with Crippen molar-refractivity contribution in [2.45, 2.75) is 52.4 Å². The standard InChI is InChI=1S/C13H22N2O2S/c1-3-13(4-2)9-11(16)15(12(13)17)8-6-5-7-10(14)18/h3-9H2,1-2H3,(H2,14,18). The highest BCUT2D eigenvalue weighted by Gasteiger charge is 2.48. The van der Waals surface area contributed by atoms with E-state index in [1.165, 1.54) is 4.90 Å². The summed E-state index contributed by atoms with van der Waals surface area (Å²) in [6.07, 6.45) is 4.12. The van der Waals surface area contributed by atoms with Gasteiger partial charge in [-0.2, -0.15) is 0 Å². The van der Waals surface area contributed by atoms with Crippen molar-refractivity contribution in [2.24, 2.45) is 11.1 Å². The van der Waals surface area contributed by atoms with Gasteiger partial charge in [-0.1, -0.05) is 26.1 Å². The molecule has 0 aromatic heterocycles. The Morgan fingerprint density at radius 3 is 2.39 bits per heavy atom. The van der Waals surface area contributed by atoms with Crippen LogP contribution in [0.15, 0.2) is 0 Å². The van der Waals surface area contributed by atoms with E-state index < -0.39 is 5.41 Å². The zero-order valence-electron chi connectivity index (χ0n) is 11.2. The van der Waals surface area contributed by atoms with Crippen LogP contribution >= 0.6 is 12.2 Å². The summed E-state index contributed by atoms with van der Waals surface area (Å²) < 4.78 is 0. The summed E-state index contributed by atoms with van der Waals surface area (Å²) in [6.45, 7) is 4.46. The largest absolute Gasteiger partial charge is 0.393 e. The second-order valence-corrected chi connectivity index (χ2v) is 5.46. The molecule has 0 unspecified atom stereocenters. The van der Waals surface area contributed by atoms with Crippen molar-refractivity contribution in [3.63, 3.8) is 0 Å². The van der Waals surface area contributed by atoms with E-state index in [9.17, 15) is 9.59 Å². The van der Waals surface area contributed by atoms with Gasteiger partial charge in [-0.15, -0.1) is 0 Å². The predicted octanol–water partition coefficient (Wildman–Crippen LogP) is 2.01. The molecule has 0 aromatic rings. The smallest absolute Gasteiger partial charge is 0.235 e. The van der Waals surface area contributed by atoms with Crippen LogP contribution in [-0.2, 0) is 9.59 Å². The van der Waals surface area contributed by atoms with Crippen molar-refractivity contribution < 1.29 is 9.59 Å². The molecule has 0 radical (unpaired) electrons. The molecule has 0 aromatic carbocycles. The van der Waals surface area contributed by atoms with Crippen LogP contribution in [0.25, 0.3) is 0 Å². The number of rotatable bonds is 7. The zero-order valence-corrected chi connectivity index (χ0v) is 12.0. The van der Waals surface area contributed by atoms with Crippen LogP contribution in [0.4, 0.5) is 0 Å². The van der Waals surface area contributed by atoms with E-state index in [0.717, 1.165) is 25.7 Å². The Morgan fingerprint density at radius 2 is 1.94 bits per heavy atom. The van der Waals surface area contributed by atoms with Crippen LogP contribution in [0.1, 0.15) is 52.4 Å². The van der Waals surface area contributed by atoms with Crippen molar-refractivity contribution in [2.75, 3.05) is 6.54 Å². The lowest BCUT2D eigenvalue weighted by atomic mass is 9.81. The third-order valence-electron chi connectivity index (χ3n) is 3.90. The van der Waals surface area contributed by atoms with Gasteiger partial charge in [-0.3, -0.25) is 14.5 Å². The molecule has 1 rings (SSSR count). The number of unbranched alkanes of at least 4 members (excludes halogenated alkanes) is 1. The number of likely N-dealkylation sites (tertiary alicyclic amines) is 1. The number of hydrogen-bond donors (Lipinski definition) is 1. The number of nitrogens with two attached hydrogens (primary N) is 1. The molecular weight excluding hydrogens is 248 g/mol. The quantitative estimate of drug-likeness (QED) is 0.436. The van der Waals surface area contributed by atoms with Gasteiger partial charge in [-0.05, 0) is 32.1 Å². The first-order valence-electron chi connectivity index (χ1n) is 6.60. The maximum absolute atomic E-state index is 12.3. The summed E-state index contributed by atoms with van der Waals surface area (Å²) in [6, 6.07) is 0. The monoisotopic (exact) mass is 270 g/mol. The maximum Gasteiger partial charge on any atom is 0.235 e. The van der Waals surface area contributed by atoms with Crippen LogP contribution in [0.3, 0.4) is 0 Å². The first-order chi connectivity index (χ1) is 8.46. The van der Waals surface area contributed by atoms with E-state index in [-0.39, 0.29) is 11.8 Å². The lowest BCUT2D eigenvalue weighted by Gasteiger charge is -2.23. The Labute approximate surface area is 114 Å². The minimum absolute atomic E-state index is 0.00725. The number of imide groups is 1. The summed E-state index contributed by atoms with van der Waals surface area (Å²) in [4.78, 5) is 26.1. The SMILES string of the molecule is CCC1(CC)CC(=O)N(CCCCC(N)=S)C1=O. The molecule has 1 fully saturated rings. The highest BCUT2D eigenvalue weighted by atomic mass is 32.1. The summed E-state index contributed by atoms with van der Waals surface area (Å²) in [5.41, 5.74) is 4.97. The molecule has 0 bridgehead atoms. The Kier molecular flexibility index (Phi) is 5.26. The summed E-state index contributed by atoms with van der Waals surface area (Å²) in [5, 5.41) is 0. The van der Waals surface area contributed by atoms with Gasteiger partial charge in [0.05, 0.1) is 10.4 Å². The fourth-order valence-corrected chi connectivity index (χ4v) is 2.60. The third-order valence-corrected chi connectivity index (χ3v) is 4.10. The van der Waals surface area contributed by atoms with Gasteiger partial charge in [0.25, 0.3) is 0 Å². The first kappa shape index (κ1) is 15.1. The molecule has 1 aliphatic rings. The molecule has 102 valence electrons. The molecule has 18 heavy (non-hydrogen) atoms. The molecule has 1 aliphatic heterocycles. The number of amides is 2. The molecule has 2 amide bonds. The van der Waals surface area contributed by atoms with Crippen molar-refractivity contribution >= 4 is 29.0 Å². The molecule has 1 heterocycles. The Morgan fingerprint density at radius 1 is 1.33 bits per heavy atom. The van der Waals surface area contributed by atoms with Gasteiger partial charge in [0, 0.05) is 13.0 Å². The van der Waals surface area contributed by atoms with Crippen molar-refractivity contribution in [1.82, 2.24) is 4.90 Å². The van der Waals surface area contributed by atoms with Crippen molar-refractivity contribution in [3.8, 4) is 0 Å². The van der Waals surface area contributed by atoms with Crippen molar-refractivity contribution in [3.05, 3.63) is 0 Å². The summed E-state index contributed by atoms with van der Waals surface area (Å²) >= 11 is 4.79. The second kappa shape index (κ2) is 6.27. The molecule has 2 N–H and O–H groups in total. The number of hydrogen-bond acceptors (Lipinski definition) is 3. The van der Waals surface area contributed by atoms with E-state index >= 15 is 0 Å². The summed E-state index contributed by atoms with van der Waals surface area (Å²) in [7, 11) is 0. The molecule has 0 atom stereocenters. The minimum Gasteiger partial charge on any atom is -0.393 e. The van der Waals surface area contributed by atoms with E-state index in [1.54, 1.807) is 0 Å². The molecule has 0 spiro atoms. The molecule has 1 saturated heterocycles. The van der Waals surface area contributed by atoms with Gasteiger partial charge >= 0.3 is 0 Å². The van der Waals surface area contributed by atoms with Gasteiger partial charge in [0.1, 0.15) is 0 Å². The fourth-order valence-electron chi connectivity index (χ4n) is 2.46. The maximum atomic E-state index is 12.3. The Bertz CT molecular complexity index is 351. The van der Waals surface area contributed by atoms with Crippen LogP contribution in [0, 0.1) is 5.41 Å². The molecule has 0 saturated carbocycles. The van der Waals surface area contributed by atoms with E-state index in [4.69, 9.17) is 18.0 Å². The lowest BCUT2D eigenvalue weighted by molar-refractivity contribution is -0.141. The number of nitrogens with zero attached hydrogens (tertiary/aromatic N) is 1. The molecule has 0 aliphatic carbocycles. The van der Waals surface area contributed by atoms with Gasteiger partial charge in [0.2, 0.25) is 11.8 Å². The van der Waals surface area contributed by atoms with E-state index in [2.05, 4.69) is 0 Å². The lowest BCUT2D eigenvalue weighted by Crippen LogP contribution is -2.35. The van der Waals surface area contributed by atoms with Gasteiger partial charge in [-0.25, -0.2) is 0 Å². The average molecular weight is 270 g/mol. The topological polar surface area (TPSA) is 63.4 Å². The number of carbonyl (C=O) groups is 2. The number of carbonyl (C=O) groups excluding carboxylic acids is 2. The Balaban J connectivity index is 2.54. The molecular formula is C13H22N2O2S. The fraction of sp³-hybridized carbons (Fsp3) is 0.769. The van der Waals surface area contributed by atoms with Gasteiger partial charge in [0.15, 0.2) is 0 Å². The normalized spacial score (nSPS) is 18.4. The average Bonchev–Trinajstić information content (AvgIpc) is 2.58. The third kappa shape index (κ3) is 3.07. The van der Waals surface area contributed by atoms with Crippen molar-refractivity contribution in [1.29, 1.82) is 0 Å². The van der Waals surface area contributed by atoms with Crippen LogP contribution in [-0.4, -0.2) is 28.2 Å². The second-order valence-electron chi connectivity index (χ2n) is 4.94. The zero-order chi connectivity index (χ0) is 13.8.